The molecule has 0 atom stereocenters. The van der Waals surface area contributed by atoms with Gasteiger partial charge in [-0.1, -0.05) is 53.7 Å². The molecule has 0 saturated heterocycles. The van der Waals surface area contributed by atoms with Gasteiger partial charge >= 0.3 is 5.97 Å². The van der Waals surface area contributed by atoms with Crippen molar-refractivity contribution in [2.45, 2.75) is 19.1 Å². The summed E-state index contributed by atoms with van der Waals surface area (Å²) in [6, 6.07) is 30.0. The number of hydrogen-bond donors (Lipinski definition) is 2. The lowest BCUT2D eigenvalue weighted by Gasteiger charge is -2.18. The number of nitrogens with zero attached hydrogens (tertiary/aromatic N) is 3. The van der Waals surface area contributed by atoms with E-state index in [1.165, 1.54) is 0 Å². The first kappa shape index (κ1) is 26.4. The molecule has 0 aliphatic carbocycles. The molecular weight excluding hydrogens is 558 g/mol. The molecule has 6 aromatic rings. The minimum atomic E-state index is -1.31. The maximum Gasteiger partial charge on any atom is 0.354 e. The zero-order valence-electron chi connectivity index (χ0n) is 21.5. The van der Waals surface area contributed by atoms with E-state index in [2.05, 4.69) is 15.1 Å². The third-order valence-electron chi connectivity index (χ3n) is 6.43. The molecule has 0 saturated carbocycles. The Hall–Kier alpha value is -4.80. The summed E-state index contributed by atoms with van der Waals surface area (Å²) >= 11 is 3.16. The topological polar surface area (TPSA) is 114 Å². The van der Waals surface area contributed by atoms with Gasteiger partial charge in [0, 0.05) is 0 Å². The number of fused-ring (bicyclic) bond motifs is 2. The molecule has 0 unspecified atom stereocenters. The third kappa shape index (κ3) is 5.88. The minimum absolute atomic E-state index is 0.319. The number of rotatable bonds is 10. The molecule has 6 rings (SSSR count). The monoisotopic (exact) mass is 581 g/mol. The SMILES string of the molecule is O=C(O)/C(=N\O)C(c1ccc(OCc2nc3ccccc3s2)cc1)c1ccc(OCc2nc3ccccc3s2)cc1. The molecule has 204 valence electrons. The minimum Gasteiger partial charge on any atom is -0.486 e. The van der Waals surface area contributed by atoms with Crippen LogP contribution in [0.4, 0.5) is 0 Å². The zero-order valence-corrected chi connectivity index (χ0v) is 23.1. The zero-order chi connectivity index (χ0) is 28.2. The molecule has 0 aliphatic rings. The fraction of sp³-hybridized carbons (Fsp3) is 0.0968. The lowest BCUT2D eigenvalue weighted by Crippen LogP contribution is -2.23. The van der Waals surface area contributed by atoms with E-state index in [-0.39, 0.29) is 0 Å². The van der Waals surface area contributed by atoms with Crippen LogP contribution in [-0.2, 0) is 18.0 Å². The molecule has 10 heteroatoms. The smallest absolute Gasteiger partial charge is 0.354 e. The van der Waals surface area contributed by atoms with E-state index in [9.17, 15) is 15.1 Å². The second-order valence-corrected chi connectivity index (χ2v) is 11.3. The molecule has 2 heterocycles. The predicted molar refractivity (Wildman–Crippen MR) is 159 cm³/mol. The molecule has 41 heavy (non-hydrogen) atoms. The average Bonchev–Trinajstić information content (AvgIpc) is 3.62. The van der Waals surface area contributed by atoms with E-state index in [0.717, 1.165) is 30.4 Å². The van der Waals surface area contributed by atoms with Crippen molar-refractivity contribution in [2.75, 3.05) is 0 Å². The van der Waals surface area contributed by atoms with Gasteiger partial charge in [-0.25, -0.2) is 14.8 Å². The quantitative estimate of drug-likeness (QED) is 0.101. The molecule has 4 aromatic carbocycles. The largest absolute Gasteiger partial charge is 0.486 e. The van der Waals surface area contributed by atoms with E-state index in [4.69, 9.17) is 9.47 Å². The number of aliphatic carboxylic acids is 1. The van der Waals surface area contributed by atoms with Crippen LogP contribution in [0.15, 0.2) is 102 Å². The van der Waals surface area contributed by atoms with Crippen LogP contribution in [0.2, 0.25) is 0 Å². The Bertz CT molecular complexity index is 1660. The second kappa shape index (κ2) is 11.7. The van der Waals surface area contributed by atoms with Crippen LogP contribution in [0.1, 0.15) is 27.1 Å². The summed E-state index contributed by atoms with van der Waals surface area (Å²) in [6.07, 6.45) is 0. The number of para-hydroxylation sites is 2. The van der Waals surface area contributed by atoms with E-state index >= 15 is 0 Å². The van der Waals surface area contributed by atoms with Gasteiger partial charge in [-0.05, 0) is 59.7 Å². The van der Waals surface area contributed by atoms with Gasteiger partial charge < -0.3 is 19.8 Å². The Morgan fingerprint density at radius 2 is 1.15 bits per heavy atom. The summed E-state index contributed by atoms with van der Waals surface area (Å²) in [5.74, 6) is -0.898. The maximum atomic E-state index is 12.0. The highest BCUT2D eigenvalue weighted by molar-refractivity contribution is 7.18. The van der Waals surface area contributed by atoms with Crippen molar-refractivity contribution in [3.05, 3.63) is 118 Å². The van der Waals surface area contributed by atoms with Gasteiger partial charge in [0.05, 0.1) is 26.4 Å². The standard InChI is InChI=1S/C31H23N3O5S2/c35-31(36)30(34-37)29(19-9-13-21(14-10-19)38-17-27-32-23-5-1-3-7-25(23)40-27)20-11-15-22(16-12-20)39-18-28-33-24-6-2-4-8-26(24)41-28/h1-16,29,37H,17-18H2,(H,35,36)/b34-30-. The van der Waals surface area contributed by atoms with Crippen LogP contribution >= 0.6 is 22.7 Å². The molecule has 0 aliphatic heterocycles. The fourth-order valence-corrected chi connectivity index (χ4v) is 6.26. The fourth-order valence-electron chi connectivity index (χ4n) is 4.50. The Labute approximate surface area is 242 Å². The van der Waals surface area contributed by atoms with Gasteiger partial charge in [0.25, 0.3) is 0 Å². The van der Waals surface area contributed by atoms with Crippen molar-refractivity contribution >= 4 is 54.8 Å². The Kier molecular flexibility index (Phi) is 7.57. The van der Waals surface area contributed by atoms with Gasteiger partial charge in [0.1, 0.15) is 34.7 Å². The average molecular weight is 582 g/mol. The third-order valence-corrected chi connectivity index (χ3v) is 8.45. The number of ether oxygens (including phenoxy) is 2. The number of carbonyl (C=O) groups is 1. The Balaban J connectivity index is 1.17. The molecule has 0 bridgehead atoms. The molecule has 0 radical (unpaired) electrons. The molecule has 2 aromatic heterocycles. The van der Waals surface area contributed by atoms with Gasteiger partial charge in [-0.3, -0.25) is 0 Å². The maximum absolute atomic E-state index is 12.0. The number of aromatic nitrogens is 2. The summed E-state index contributed by atoms with van der Waals surface area (Å²) in [5, 5.41) is 24.2. The molecular formula is C31H23N3O5S2. The summed E-state index contributed by atoms with van der Waals surface area (Å²) < 4.78 is 14.0. The lowest BCUT2D eigenvalue weighted by atomic mass is 9.87. The van der Waals surface area contributed by atoms with Gasteiger partial charge in [-0.2, -0.15) is 0 Å². The number of carboxylic acid groups (broad SMARTS) is 1. The van der Waals surface area contributed by atoms with Crippen LogP contribution in [0.5, 0.6) is 11.5 Å². The number of oxime groups is 1. The number of carboxylic acids is 1. The van der Waals surface area contributed by atoms with Crippen molar-refractivity contribution in [3.63, 3.8) is 0 Å². The van der Waals surface area contributed by atoms with E-state index in [1.807, 2.05) is 48.5 Å². The molecule has 0 fully saturated rings. The molecule has 0 amide bonds. The molecule has 0 spiro atoms. The highest BCUT2D eigenvalue weighted by atomic mass is 32.1. The summed E-state index contributed by atoms with van der Waals surface area (Å²) in [7, 11) is 0. The van der Waals surface area contributed by atoms with Crippen molar-refractivity contribution in [1.82, 2.24) is 9.97 Å². The van der Waals surface area contributed by atoms with Crippen LogP contribution in [0, 0.1) is 0 Å². The van der Waals surface area contributed by atoms with Crippen LogP contribution in [-0.4, -0.2) is 32.0 Å². The van der Waals surface area contributed by atoms with E-state index < -0.39 is 17.6 Å². The Morgan fingerprint density at radius 3 is 1.54 bits per heavy atom. The van der Waals surface area contributed by atoms with Crippen molar-refractivity contribution in [1.29, 1.82) is 0 Å². The van der Waals surface area contributed by atoms with Crippen LogP contribution in [0.25, 0.3) is 20.4 Å². The second-order valence-electron chi connectivity index (χ2n) is 9.09. The van der Waals surface area contributed by atoms with Crippen LogP contribution in [0.3, 0.4) is 0 Å². The van der Waals surface area contributed by atoms with Crippen molar-refractivity contribution in [3.8, 4) is 11.5 Å². The first-order valence-electron chi connectivity index (χ1n) is 12.7. The van der Waals surface area contributed by atoms with Gasteiger partial charge in [-0.15, -0.1) is 22.7 Å². The predicted octanol–water partition coefficient (Wildman–Crippen LogP) is 7.11. The summed E-state index contributed by atoms with van der Waals surface area (Å²) in [6.45, 7) is 0.637. The number of thiazole rings is 2. The summed E-state index contributed by atoms with van der Waals surface area (Å²) in [5.41, 5.74) is 2.75. The molecule has 2 N–H and O–H groups in total. The number of hydrogen-bond acceptors (Lipinski definition) is 9. The lowest BCUT2D eigenvalue weighted by molar-refractivity contribution is -0.129. The first-order valence-corrected chi connectivity index (χ1v) is 14.3. The van der Waals surface area contributed by atoms with E-state index in [0.29, 0.717) is 35.8 Å². The van der Waals surface area contributed by atoms with Crippen molar-refractivity contribution in [2.24, 2.45) is 5.16 Å². The first-order chi connectivity index (χ1) is 20.1. The van der Waals surface area contributed by atoms with Crippen molar-refractivity contribution < 1.29 is 24.6 Å². The number of benzene rings is 4. The highest BCUT2D eigenvalue weighted by Gasteiger charge is 2.27. The molecule has 8 nitrogen and oxygen atoms in total. The summed E-state index contributed by atoms with van der Waals surface area (Å²) in [4.78, 5) is 21.1. The van der Waals surface area contributed by atoms with Crippen LogP contribution < -0.4 is 9.47 Å². The van der Waals surface area contributed by atoms with Gasteiger partial charge in [0.2, 0.25) is 0 Å². The highest BCUT2D eigenvalue weighted by Crippen LogP contribution is 2.31. The van der Waals surface area contributed by atoms with Gasteiger partial charge in [0.15, 0.2) is 5.71 Å². The Morgan fingerprint density at radius 1 is 0.707 bits per heavy atom. The van der Waals surface area contributed by atoms with E-state index in [1.54, 1.807) is 71.2 Å². The normalized spacial score (nSPS) is 11.8.